The summed E-state index contributed by atoms with van der Waals surface area (Å²) >= 11 is 0. The van der Waals surface area contributed by atoms with Gasteiger partial charge in [0.25, 0.3) is 0 Å². The van der Waals surface area contributed by atoms with Crippen molar-refractivity contribution in [1.82, 2.24) is 4.90 Å². The normalized spacial score (nSPS) is 20.0. The molecule has 0 saturated carbocycles. The standard InChI is InChI=1S/C14H16F3NO3S/c1-9(2)18-7-6-12(13(18)19)22(20,21)11-5-3-4-10(8-11)14(15,16)17/h3-5,8-9,12H,6-7H2,1-2H3/t12-/m1/s1. The predicted octanol–water partition coefficient (Wildman–Crippen LogP) is 2.49. The topological polar surface area (TPSA) is 54.5 Å². The number of carbonyl (C=O) groups excluding carboxylic acids is 1. The highest BCUT2D eigenvalue weighted by Gasteiger charge is 2.43. The number of sulfone groups is 1. The van der Waals surface area contributed by atoms with E-state index in [2.05, 4.69) is 0 Å². The summed E-state index contributed by atoms with van der Waals surface area (Å²) in [5.41, 5.74) is -1.04. The molecule has 1 aromatic carbocycles. The molecular formula is C14H16F3NO3S. The second-order valence-corrected chi connectivity index (χ2v) is 7.60. The molecule has 0 bridgehead atoms. The molecule has 122 valence electrons. The second kappa shape index (κ2) is 5.57. The molecule has 0 aromatic heterocycles. The van der Waals surface area contributed by atoms with Crippen molar-refractivity contribution < 1.29 is 26.4 Å². The molecule has 0 spiro atoms. The molecule has 1 aliphatic rings. The summed E-state index contributed by atoms with van der Waals surface area (Å²) in [7, 11) is -4.13. The van der Waals surface area contributed by atoms with Crippen LogP contribution in [0.4, 0.5) is 13.2 Å². The molecule has 22 heavy (non-hydrogen) atoms. The Hall–Kier alpha value is -1.57. The third-order valence-electron chi connectivity index (χ3n) is 3.68. The quantitative estimate of drug-likeness (QED) is 0.853. The van der Waals surface area contributed by atoms with Crippen molar-refractivity contribution in [1.29, 1.82) is 0 Å². The zero-order chi connectivity index (χ0) is 16.7. The largest absolute Gasteiger partial charge is 0.416 e. The first-order chi connectivity index (χ1) is 10.0. The first-order valence-electron chi connectivity index (χ1n) is 6.77. The Labute approximate surface area is 126 Å². The minimum Gasteiger partial charge on any atom is -0.339 e. The lowest BCUT2D eigenvalue weighted by molar-refractivity contribution is -0.137. The van der Waals surface area contributed by atoms with Gasteiger partial charge in [0.1, 0.15) is 5.25 Å². The van der Waals surface area contributed by atoms with Crippen LogP contribution in [0, 0.1) is 0 Å². The van der Waals surface area contributed by atoms with Gasteiger partial charge in [0.15, 0.2) is 9.84 Å². The molecule has 0 radical (unpaired) electrons. The van der Waals surface area contributed by atoms with Crippen molar-refractivity contribution >= 4 is 15.7 Å². The van der Waals surface area contributed by atoms with Crippen molar-refractivity contribution in [3.05, 3.63) is 29.8 Å². The number of benzene rings is 1. The van der Waals surface area contributed by atoms with Crippen LogP contribution < -0.4 is 0 Å². The van der Waals surface area contributed by atoms with Crippen LogP contribution in [0.3, 0.4) is 0 Å². The average Bonchev–Trinajstić information content (AvgIpc) is 2.80. The summed E-state index contributed by atoms with van der Waals surface area (Å²) in [6.45, 7) is 3.81. The van der Waals surface area contributed by atoms with Gasteiger partial charge in [0.2, 0.25) is 5.91 Å². The number of halogens is 3. The van der Waals surface area contributed by atoms with E-state index in [-0.39, 0.29) is 12.5 Å². The van der Waals surface area contributed by atoms with Gasteiger partial charge in [-0.15, -0.1) is 0 Å². The number of nitrogens with zero attached hydrogens (tertiary/aromatic N) is 1. The average molecular weight is 335 g/mol. The van der Waals surface area contributed by atoms with E-state index < -0.39 is 37.6 Å². The molecule has 0 N–H and O–H groups in total. The molecule has 1 fully saturated rings. The lowest BCUT2D eigenvalue weighted by atomic mass is 10.2. The Morgan fingerprint density at radius 1 is 1.27 bits per heavy atom. The van der Waals surface area contributed by atoms with Gasteiger partial charge >= 0.3 is 6.18 Å². The van der Waals surface area contributed by atoms with E-state index in [1.807, 2.05) is 0 Å². The number of alkyl halides is 3. The fraction of sp³-hybridized carbons (Fsp3) is 0.500. The van der Waals surface area contributed by atoms with E-state index in [4.69, 9.17) is 0 Å². The van der Waals surface area contributed by atoms with Gasteiger partial charge in [-0.25, -0.2) is 8.42 Å². The Morgan fingerprint density at radius 3 is 2.41 bits per heavy atom. The molecule has 1 aromatic rings. The van der Waals surface area contributed by atoms with Crippen LogP contribution in [0.15, 0.2) is 29.2 Å². The van der Waals surface area contributed by atoms with Gasteiger partial charge in [-0.2, -0.15) is 13.2 Å². The number of carbonyl (C=O) groups is 1. The van der Waals surface area contributed by atoms with E-state index >= 15 is 0 Å². The predicted molar refractivity (Wildman–Crippen MR) is 73.9 cm³/mol. The molecule has 0 unspecified atom stereocenters. The van der Waals surface area contributed by atoms with Gasteiger partial charge in [-0.1, -0.05) is 6.07 Å². The molecule has 1 aliphatic heterocycles. The summed E-state index contributed by atoms with van der Waals surface area (Å²) in [4.78, 5) is 13.1. The number of rotatable bonds is 3. The molecule has 0 aliphatic carbocycles. The van der Waals surface area contributed by atoms with Gasteiger partial charge in [0, 0.05) is 12.6 Å². The fourth-order valence-corrected chi connectivity index (χ4v) is 4.19. The van der Waals surface area contributed by atoms with Crippen LogP contribution >= 0.6 is 0 Å². The zero-order valence-electron chi connectivity index (χ0n) is 12.1. The fourth-order valence-electron chi connectivity index (χ4n) is 2.49. The molecule has 4 nitrogen and oxygen atoms in total. The Bertz CT molecular complexity index is 683. The summed E-state index contributed by atoms with van der Waals surface area (Å²) < 4.78 is 63.1. The lowest BCUT2D eigenvalue weighted by Crippen LogP contribution is -2.37. The smallest absolute Gasteiger partial charge is 0.339 e. The number of amides is 1. The highest BCUT2D eigenvalue weighted by Crippen LogP contribution is 2.32. The third-order valence-corrected chi connectivity index (χ3v) is 5.78. The van der Waals surface area contributed by atoms with Gasteiger partial charge < -0.3 is 4.90 Å². The monoisotopic (exact) mass is 335 g/mol. The van der Waals surface area contributed by atoms with Crippen LogP contribution in [0.25, 0.3) is 0 Å². The highest BCUT2D eigenvalue weighted by atomic mass is 32.2. The van der Waals surface area contributed by atoms with Crippen molar-refractivity contribution in [2.75, 3.05) is 6.54 Å². The number of likely N-dealkylation sites (tertiary alicyclic amines) is 1. The third kappa shape index (κ3) is 2.97. The first-order valence-corrected chi connectivity index (χ1v) is 8.31. The van der Waals surface area contributed by atoms with Crippen LogP contribution in [-0.2, 0) is 20.8 Å². The van der Waals surface area contributed by atoms with Crippen LogP contribution in [-0.4, -0.2) is 37.1 Å². The number of hydrogen-bond acceptors (Lipinski definition) is 3. The molecule has 1 amide bonds. The van der Waals surface area contributed by atoms with Crippen LogP contribution in [0.2, 0.25) is 0 Å². The van der Waals surface area contributed by atoms with Crippen molar-refractivity contribution in [3.8, 4) is 0 Å². The first kappa shape index (κ1) is 16.8. The molecule has 1 heterocycles. The van der Waals surface area contributed by atoms with E-state index in [9.17, 15) is 26.4 Å². The van der Waals surface area contributed by atoms with Crippen LogP contribution in [0.5, 0.6) is 0 Å². The van der Waals surface area contributed by atoms with E-state index in [0.29, 0.717) is 12.6 Å². The summed E-state index contributed by atoms with van der Waals surface area (Å²) in [6, 6.07) is 3.37. The molecule has 1 saturated heterocycles. The Kier molecular flexibility index (Phi) is 4.25. The van der Waals surface area contributed by atoms with Gasteiger partial charge in [0.05, 0.1) is 10.5 Å². The number of hydrogen-bond donors (Lipinski definition) is 0. The maximum atomic E-state index is 12.7. The van der Waals surface area contributed by atoms with E-state index in [1.165, 1.54) is 4.90 Å². The molecule has 8 heteroatoms. The molecular weight excluding hydrogens is 319 g/mol. The summed E-state index contributed by atoms with van der Waals surface area (Å²) in [5, 5.41) is -1.31. The van der Waals surface area contributed by atoms with Crippen LogP contribution in [0.1, 0.15) is 25.8 Å². The SMILES string of the molecule is CC(C)N1CC[C@@H](S(=O)(=O)c2cccc(C(F)(F)F)c2)C1=O. The summed E-state index contributed by atoms with van der Waals surface area (Å²) in [5.74, 6) is -0.549. The Balaban J connectivity index is 2.38. The minimum atomic E-state index is -4.63. The zero-order valence-corrected chi connectivity index (χ0v) is 12.9. The highest BCUT2D eigenvalue weighted by molar-refractivity contribution is 7.92. The summed E-state index contributed by atoms with van der Waals surface area (Å²) in [6.07, 6.45) is -4.54. The van der Waals surface area contributed by atoms with E-state index in [0.717, 1.165) is 18.2 Å². The maximum absolute atomic E-state index is 12.7. The van der Waals surface area contributed by atoms with Gasteiger partial charge in [-0.05, 0) is 38.5 Å². The molecule has 1 atom stereocenters. The lowest BCUT2D eigenvalue weighted by Gasteiger charge is -2.21. The minimum absolute atomic E-state index is 0.0928. The van der Waals surface area contributed by atoms with Crippen molar-refractivity contribution in [2.45, 2.75) is 42.6 Å². The van der Waals surface area contributed by atoms with E-state index in [1.54, 1.807) is 13.8 Å². The Morgan fingerprint density at radius 2 is 1.91 bits per heavy atom. The van der Waals surface area contributed by atoms with Gasteiger partial charge in [-0.3, -0.25) is 4.79 Å². The molecule has 2 rings (SSSR count). The van der Waals surface area contributed by atoms with Crippen molar-refractivity contribution in [3.63, 3.8) is 0 Å². The second-order valence-electron chi connectivity index (χ2n) is 5.47. The maximum Gasteiger partial charge on any atom is 0.416 e. The van der Waals surface area contributed by atoms with Crippen molar-refractivity contribution in [2.24, 2.45) is 0 Å².